The Hall–Kier alpha value is -2.95. The van der Waals surface area contributed by atoms with Crippen LogP contribution in [0.25, 0.3) is 0 Å². The Kier molecular flexibility index (Phi) is 5.79. The average molecular weight is 348 g/mol. The maximum Gasteiger partial charge on any atom is 0.232 e. The second kappa shape index (κ2) is 8.43. The summed E-state index contributed by atoms with van der Waals surface area (Å²) < 4.78 is 1.77. The molecule has 5 nitrogen and oxygen atoms in total. The van der Waals surface area contributed by atoms with E-state index < -0.39 is 0 Å². The zero-order chi connectivity index (χ0) is 18.4. The highest BCUT2D eigenvalue weighted by molar-refractivity contribution is 5.96. The van der Waals surface area contributed by atoms with Crippen molar-refractivity contribution in [2.75, 3.05) is 5.32 Å². The van der Waals surface area contributed by atoms with Gasteiger partial charge in [-0.15, -0.1) is 0 Å². The predicted molar refractivity (Wildman–Crippen MR) is 103 cm³/mol. The number of benzene rings is 2. The molecule has 26 heavy (non-hydrogen) atoms. The van der Waals surface area contributed by atoms with Gasteiger partial charge in [-0.2, -0.15) is 5.10 Å². The van der Waals surface area contributed by atoms with E-state index >= 15 is 0 Å². The van der Waals surface area contributed by atoms with Crippen molar-refractivity contribution in [2.45, 2.75) is 32.7 Å². The van der Waals surface area contributed by atoms with Crippen LogP contribution in [0.5, 0.6) is 0 Å². The number of nitrogens with one attached hydrogen (secondary N) is 1. The molecule has 0 radical (unpaired) electrons. The summed E-state index contributed by atoms with van der Waals surface area (Å²) in [5.41, 5.74) is 2.97. The molecule has 3 aromatic rings. The minimum Gasteiger partial charge on any atom is -0.326 e. The van der Waals surface area contributed by atoms with Crippen LogP contribution >= 0.6 is 0 Å². The summed E-state index contributed by atoms with van der Waals surface area (Å²) in [5.74, 6) is 0.148. The number of anilines is 1. The van der Waals surface area contributed by atoms with Gasteiger partial charge in [0.2, 0.25) is 5.91 Å². The minimum atomic E-state index is -0.156. The van der Waals surface area contributed by atoms with Crippen LogP contribution in [0.4, 0.5) is 5.69 Å². The van der Waals surface area contributed by atoms with Crippen LogP contribution in [-0.2, 0) is 11.3 Å². The van der Waals surface area contributed by atoms with Gasteiger partial charge in [0.1, 0.15) is 12.7 Å². The lowest BCUT2D eigenvalue weighted by Gasteiger charge is -2.23. The van der Waals surface area contributed by atoms with E-state index in [0.29, 0.717) is 6.54 Å². The van der Waals surface area contributed by atoms with Crippen LogP contribution in [0.3, 0.4) is 0 Å². The Morgan fingerprint density at radius 2 is 1.85 bits per heavy atom. The number of hydrogen-bond acceptors (Lipinski definition) is 3. The van der Waals surface area contributed by atoms with Crippen LogP contribution in [0.15, 0.2) is 67.3 Å². The van der Waals surface area contributed by atoms with Gasteiger partial charge in [-0.25, -0.2) is 9.67 Å². The lowest BCUT2D eigenvalue weighted by Crippen LogP contribution is -2.26. The standard InChI is InChI=1S/C21H24N4O/c1-3-16(2)20(18-7-5-4-6-8-18)21(26)24-19-11-9-17(10-12-19)13-25-15-22-14-23-25/h4-12,14-16,20H,3,13H2,1-2H3,(H,24,26). The van der Waals surface area contributed by atoms with Gasteiger partial charge in [0, 0.05) is 5.69 Å². The first-order valence-electron chi connectivity index (χ1n) is 8.94. The third-order valence-electron chi connectivity index (χ3n) is 4.69. The van der Waals surface area contributed by atoms with E-state index in [9.17, 15) is 4.79 Å². The van der Waals surface area contributed by atoms with Crippen LogP contribution in [0, 0.1) is 5.92 Å². The van der Waals surface area contributed by atoms with Crippen LogP contribution in [-0.4, -0.2) is 20.7 Å². The highest BCUT2D eigenvalue weighted by Gasteiger charge is 2.25. The summed E-state index contributed by atoms with van der Waals surface area (Å²) >= 11 is 0. The number of rotatable bonds is 7. The molecule has 0 fully saturated rings. The van der Waals surface area contributed by atoms with E-state index in [-0.39, 0.29) is 17.7 Å². The van der Waals surface area contributed by atoms with Gasteiger partial charge in [0.25, 0.3) is 0 Å². The topological polar surface area (TPSA) is 59.8 Å². The van der Waals surface area contributed by atoms with Gasteiger partial charge in [-0.1, -0.05) is 62.7 Å². The SMILES string of the molecule is CCC(C)C(C(=O)Nc1ccc(Cn2cncn2)cc1)c1ccccc1. The second-order valence-corrected chi connectivity index (χ2v) is 6.55. The third kappa shape index (κ3) is 4.36. The van der Waals surface area contributed by atoms with Gasteiger partial charge >= 0.3 is 0 Å². The van der Waals surface area contributed by atoms with Crippen LogP contribution < -0.4 is 5.32 Å². The van der Waals surface area contributed by atoms with Gasteiger partial charge in [0.05, 0.1) is 12.5 Å². The number of amides is 1. The van der Waals surface area contributed by atoms with Crippen molar-refractivity contribution in [3.8, 4) is 0 Å². The van der Waals surface area contributed by atoms with Crippen LogP contribution in [0.1, 0.15) is 37.3 Å². The molecule has 2 unspecified atom stereocenters. The molecule has 2 aromatic carbocycles. The van der Waals surface area contributed by atoms with Crippen molar-refractivity contribution in [1.29, 1.82) is 0 Å². The fourth-order valence-corrected chi connectivity index (χ4v) is 3.05. The molecule has 134 valence electrons. The monoisotopic (exact) mass is 348 g/mol. The van der Waals surface area contributed by atoms with Gasteiger partial charge < -0.3 is 5.32 Å². The lowest BCUT2D eigenvalue weighted by atomic mass is 9.85. The largest absolute Gasteiger partial charge is 0.326 e. The summed E-state index contributed by atoms with van der Waals surface area (Å²) in [7, 11) is 0. The molecule has 3 rings (SSSR count). The van der Waals surface area contributed by atoms with E-state index in [2.05, 4.69) is 29.2 Å². The first-order chi connectivity index (χ1) is 12.7. The lowest BCUT2D eigenvalue weighted by molar-refractivity contribution is -0.118. The molecule has 0 spiro atoms. The summed E-state index contributed by atoms with van der Waals surface area (Å²) in [6, 6.07) is 17.9. The smallest absolute Gasteiger partial charge is 0.232 e. The molecule has 0 aliphatic heterocycles. The number of aromatic nitrogens is 3. The predicted octanol–water partition coefficient (Wildman–Crippen LogP) is 4.09. The maximum atomic E-state index is 12.9. The number of nitrogens with zero attached hydrogens (tertiary/aromatic N) is 3. The zero-order valence-corrected chi connectivity index (χ0v) is 15.2. The summed E-state index contributed by atoms with van der Waals surface area (Å²) in [4.78, 5) is 16.9. The normalized spacial score (nSPS) is 13.2. The molecule has 1 N–H and O–H groups in total. The molecular weight excluding hydrogens is 324 g/mol. The maximum absolute atomic E-state index is 12.9. The summed E-state index contributed by atoms with van der Waals surface area (Å²) in [6.45, 7) is 4.90. The molecule has 0 saturated carbocycles. The van der Waals surface area contributed by atoms with Crippen molar-refractivity contribution in [2.24, 2.45) is 5.92 Å². The van der Waals surface area contributed by atoms with Crippen LogP contribution in [0.2, 0.25) is 0 Å². The fraction of sp³-hybridized carbons (Fsp3) is 0.286. The number of hydrogen-bond donors (Lipinski definition) is 1. The summed E-state index contributed by atoms with van der Waals surface area (Å²) in [6.07, 6.45) is 4.16. The first-order valence-corrected chi connectivity index (χ1v) is 8.94. The molecule has 0 bridgehead atoms. The zero-order valence-electron chi connectivity index (χ0n) is 15.2. The molecule has 1 aromatic heterocycles. The van der Waals surface area contributed by atoms with Gasteiger partial charge in [-0.05, 0) is 29.2 Å². The van der Waals surface area contributed by atoms with Crippen molar-refractivity contribution >= 4 is 11.6 Å². The van der Waals surface area contributed by atoms with Gasteiger partial charge in [-0.3, -0.25) is 4.79 Å². The molecular formula is C21H24N4O. The number of carbonyl (C=O) groups is 1. The molecule has 0 aliphatic carbocycles. The Morgan fingerprint density at radius 1 is 1.12 bits per heavy atom. The molecule has 0 aliphatic rings. The Balaban J connectivity index is 1.71. The number of carbonyl (C=O) groups excluding carboxylic acids is 1. The summed E-state index contributed by atoms with van der Waals surface area (Å²) in [5, 5.41) is 7.17. The van der Waals surface area contributed by atoms with E-state index in [0.717, 1.165) is 23.2 Å². The van der Waals surface area contributed by atoms with Crippen molar-refractivity contribution in [1.82, 2.24) is 14.8 Å². The van der Waals surface area contributed by atoms with Crippen molar-refractivity contribution in [3.63, 3.8) is 0 Å². The Morgan fingerprint density at radius 3 is 2.46 bits per heavy atom. The highest BCUT2D eigenvalue weighted by Crippen LogP contribution is 2.28. The van der Waals surface area contributed by atoms with Crippen molar-refractivity contribution < 1.29 is 4.79 Å². The Labute approximate surface area is 154 Å². The minimum absolute atomic E-state index is 0.0366. The van der Waals surface area contributed by atoms with E-state index in [1.165, 1.54) is 6.33 Å². The fourth-order valence-electron chi connectivity index (χ4n) is 3.05. The molecule has 2 atom stereocenters. The molecule has 0 saturated heterocycles. The first kappa shape index (κ1) is 17.9. The van der Waals surface area contributed by atoms with E-state index in [1.54, 1.807) is 11.0 Å². The third-order valence-corrected chi connectivity index (χ3v) is 4.69. The van der Waals surface area contributed by atoms with E-state index in [1.807, 2.05) is 54.6 Å². The highest BCUT2D eigenvalue weighted by atomic mass is 16.1. The molecule has 1 heterocycles. The molecule has 5 heteroatoms. The molecule has 1 amide bonds. The second-order valence-electron chi connectivity index (χ2n) is 6.55. The average Bonchev–Trinajstić information content (AvgIpc) is 3.17. The van der Waals surface area contributed by atoms with E-state index in [4.69, 9.17) is 0 Å². The van der Waals surface area contributed by atoms with Gasteiger partial charge in [0.15, 0.2) is 0 Å². The van der Waals surface area contributed by atoms with Crippen molar-refractivity contribution in [3.05, 3.63) is 78.4 Å². The quantitative estimate of drug-likeness (QED) is 0.699. The Bertz CT molecular complexity index is 813.